The van der Waals surface area contributed by atoms with Gasteiger partial charge in [-0.05, 0) is 50.2 Å². The number of anilines is 1. The van der Waals surface area contributed by atoms with Crippen LogP contribution in [-0.2, 0) is 22.7 Å². The summed E-state index contributed by atoms with van der Waals surface area (Å²) >= 11 is 0. The summed E-state index contributed by atoms with van der Waals surface area (Å²) in [5.74, 6) is 1.99. The van der Waals surface area contributed by atoms with Crippen molar-refractivity contribution in [1.82, 2.24) is 19.9 Å². The van der Waals surface area contributed by atoms with Gasteiger partial charge < -0.3 is 20.4 Å². The number of hydrogen-bond acceptors (Lipinski definition) is 5. The van der Waals surface area contributed by atoms with Gasteiger partial charge in [0.15, 0.2) is 5.82 Å². The number of carbonyl (C=O) groups excluding carboxylic acids is 1. The van der Waals surface area contributed by atoms with Gasteiger partial charge in [-0.1, -0.05) is 30.3 Å². The molecule has 1 saturated carbocycles. The van der Waals surface area contributed by atoms with Gasteiger partial charge in [-0.15, -0.1) is 0 Å². The quantitative estimate of drug-likeness (QED) is 0.488. The molecule has 7 nitrogen and oxygen atoms in total. The van der Waals surface area contributed by atoms with Crippen molar-refractivity contribution in [3.8, 4) is 0 Å². The molecule has 1 aliphatic carbocycles. The van der Waals surface area contributed by atoms with E-state index in [9.17, 15) is 4.79 Å². The maximum Gasteiger partial charge on any atom is 0.223 e. The van der Waals surface area contributed by atoms with E-state index in [1.165, 1.54) is 5.56 Å². The van der Waals surface area contributed by atoms with Crippen molar-refractivity contribution in [3.63, 3.8) is 0 Å². The van der Waals surface area contributed by atoms with Gasteiger partial charge in [-0.2, -0.15) is 0 Å². The third kappa shape index (κ3) is 4.71. The molecule has 1 aliphatic rings. The van der Waals surface area contributed by atoms with Crippen molar-refractivity contribution < 1.29 is 9.53 Å². The standard InChI is InChI=1S/C24H31N5O2/c1-3-31-15-20-28-21-22(16(2)14-27-23(21)25)29(20)12-8-7-11-26-24(30)19-13-18(19)17-9-5-4-6-10-17/h4-6,9-10,14,18-19H,3,7-8,11-13,15H2,1-2H3,(H2,25,27)(H,26,30)/t18-,19+/m0/s1. The minimum absolute atomic E-state index is 0.121. The highest BCUT2D eigenvalue weighted by Gasteiger charge is 2.43. The first-order chi connectivity index (χ1) is 15.1. The monoisotopic (exact) mass is 421 g/mol. The molecule has 0 unspecified atom stereocenters. The molecule has 0 bridgehead atoms. The van der Waals surface area contributed by atoms with Crippen LogP contribution in [0.15, 0.2) is 36.5 Å². The minimum Gasteiger partial charge on any atom is -0.382 e. The van der Waals surface area contributed by atoms with Crippen molar-refractivity contribution in [2.75, 3.05) is 18.9 Å². The van der Waals surface area contributed by atoms with E-state index in [4.69, 9.17) is 10.5 Å². The first-order valence-corrected chi connectivity index (χ1v) is 11.1. The number of rotatable bonds is 10. The Morgan fingerprint density at radius 1 is 1.29 bits per heavy atom. The largest absolute Gasteiger partial charge is 0.382 e. The molecular weight excluding hydrogens is 390 g/mol. The number of imidazole rings is 1. The van der Waals surface area contributed by atoms with Gasteiger partial charge in [0, 0.05) is 31.8 Å². The average Bonchev–Trinajstić information content (AvgIpc) is 3.50. The number of unbranched alkanes of at least 4 members (excludes halogenated alkanes) is 1. The van der Waals surface area contributed by atoms with Crippen LogP contribution in [0.5, 0.6) is 0 Å². The Morgan fingerprint density at radius 3 is 2.87 bits per heavy atom. The van der Waals surface area contributed by atoms with Crippen molar-refractivity contribution in [2.24, 2.45) is 5.92 Å². The van der Waals surface area contributed by atoms with E-state index in [1.807, 2.05) is 32.0 Å². The molecule has 31 heavy (non-hydrogen) atoms. The average molecular weight is 422 g/mol. The summed E-state index contributed by atoms with van der Waals surface area (Å²) in [6.07, 6.45) is 4.58. The summed E-state index contributed by atoms with van der Waals surface area (Å²) < 4.78 is 7.79. The maximum absolute atomic E-state index is 12.4. The highest BCUT2D eigenvalue weighted by atomic mass is 16.5. The second-order valence-electron chi connectivity index (χ2n) is 8.20. The molecule has 1 fully saturated rings. The van der Waals surface area contributed by atoms with Gasteiger partial charge >= 0.3 is 0 Å². The Balaban J connectivity index is 1.30. The fraction of sp³-hybridized carbons (Fsp3) is 0.458. The topological polar surface area (TPSA) is 95.1 Å². The number of hydrogen-bond donors (Lipinski definition) is 2. The van der Waals surface area contributed by atoms with E-state index in [0.717, 1.165) is 48.2 Å². The summed E-state index contributed by atoms with van der Waals surface area (Å²) in [6, 6.07) is 10.3. The van der Waals surface area contributed by atoms with Crippen LogP contribution in [0.4, 0.5) is 5.82 Å². The number of fused-ring (bicyclic) bond motifs is 1. The zero-order chi connectivity index (χ0) is 21.8. The predicted molar refractivity (Wildman–Crippen MR) is 122 cm³/mol. The Labute approximate surface area is 183 Å². The number of carbonyl (C=O) groups is 1. The summed E-state index contributed by atoms with van der Waals surface area (Å²) in [5, 5.41) is 3.11. The Hall–Kier alpha value is -2.93. The summed E-state index contributed by atoms with van der Waals surface area (Å²) in [7, 11) is 0. The fourth-order valence-corrected chi connectivity index (χ4v) is 4.20. The van der Waals surface area contributed by atoms with Crippen molar-refractivity contribution in [1.29, 1.82) is 0 Å². The molecule has 0 radical (unpaired) electrons. The lowest BCUT2D eigenvalue weighted by atomic mass is 10.1. The minimum atomic E-state index is 0.121. The van der Waals surface area contributed by atoms with Crippen LogP contribution < -0.4 is 11.1 Å². The first kappa shape index (κ1) is 21.3. The Morgan fingerprint density at radius 2 is 2.10 bits per heavy atom. The number of nitrogens with zero attached hydrogens (tertiary/aromatic N) is 3. The molecule has 0 aliphatic heterocycles. The van der Waals surface area contributed by atoms with E-state index in [-0.39, 0.29) is 11.8 Å². The number of nitrogens with two attached hydrogens (primary N) is 1. The van der Waals surface area contributed by atoms with Crippen molar-refractivity contribution in [2.45, 2.75) is 52.2 Å². The lowest BCUT2D eigenvalue weighted by Gasteiger charge is -2.11. The number of aromatic nitrogens is 3. The first-order valence-electron chi connectivity index (χ1n) is 11.1. The Bertz CT molecular complexity index is 1050. The summed E-state index contributed by atoms with van der Waals surface area (Å²) in [5.41, 5.74) is 10.1. The lowest BCUT2D eigenvalue weighted by molar-refractivity contribution is -0.122. The number of amides is 1. The third-order valence-electron chi connectivity index (χ3n) is 5.96. The smallest absolute Gasteiger partial charge is 0.223 e. The molecule has 0 spiro atoms. The van der Waals surface area contributed by atoms with Gasteiger partial charge in [0.25, 0.3) is 0 Å². The highest BCUT2D eigenvalue weighted by Crippen LogP contribution is 2.47. The van der Waals surface area contributed by atoms with Crippen LogP contribution >= 0.6 is 0 Å². The SMILES string of the molecule is CCOCc1nc2c(N)ncc(C)c2n1CCCCNC(=O)[C@@H]1C[C@H]1c1ccccc1. The van der Waals surface area contributed by atoms with Gasteiger partial charge in [0.1, 0.15) is 17.9 Å². The zero-order valence-electron chi connectivity index (χ0n) is 18.3. The van der Waals surface area contributed by atoms with E-state index < -0.39 is 0 Å². The lowest BCUT2D eigenvalue weighted by Crippen LogP contribution is -2.26. The van der Waals surface area contributed by atoms with Gasteiger partial charge in [-0.3, -0.25) is 4.79 Å². The fourth-order valence-electron chi connectivity index (χ4n) is 4.20. The molecule has 3 N–H and O–H groups in total. The van der Waals surface area contributed by atoms with Crippen LogP contribution in [0.2, 0.25) is 0 Å². The van der Waals surface area contributed by atoms with Gasteiger partial charge in [-0.25, -0.2) is 9.97 Å². The molecule has 0 saturated heterocycles. The second-order valence-corrected chi connectivity index (χ2v) is 8.20. The molecule has 1 amide bonds. The number of ether oxygens (including phenoxy) is 1. The molecule has 2 aromatic heterocycles. The van der Waals surface area contributed by atoms with Gasteiger partial charge in [0.2, 0.25) is 5.91 Å². The molecule has 2 atom stereocenters. The van der Waals surface area contributed by atoms with Crippen LogP contribution in [-0.4, -0.2) is 33.6 Å². The normalized spacial score (nSPS) is 17.7. The molecular formula is C24H31N5O2. The Kier molecular flexibility index (Phi) is 6.51. The molecule has 4 rings (SSSR count). The second kappa shape index (κ2) is 9.47. The molecule has 2 heterocycles. The number of pyridine rings is 1. The predicted octanol–water partition coefficient (Wildman–Crippen LogP) is 3.56. The van der Waals surface area contributed by atoms with Gasteiger partial charge in [0.05, 0.1) is 5.52 Å². The highest BCUT2D eigenvalue weighted by molar-refractivity contribution is 5.87. The van der Waals surface area contributed by atoms with Crippen molar-refractivity contribution >= 4 is 22.8 Å². The van der Waals surface area contributed by atoms with Crippen LogP contribution in [0.3, 0.4) is 0 Å². The number of benzene rings is 1. The summed E-state index contributed by atoms with van der Waals surface area (Å²) in [4.78, 5) is 21.4. The van der Waals surface area contributed by atoms with Crippen LogP contribution in [0.25, 0.3) is 11.0 Å². The van der Waals surface area contributed by atoms with Crippen molar-refractivity contribution in [3.05, 3.63) is 53.5 Å². The van der Waals surface area contributed by atoms with E-state index >= 15 is 0 Å². The number of nitrogen functional groups attached to an aromatic ring is 1. The maximum atomic E-state index is 12.4. The third-order valence-corrected chi connectivity index (χ3v) is 5.96. The van der Waals surface area contributed by atoms with E-state index in [0.29, 0.717) is 31.5 Å². The summed E-state index contributed by atoms with van der Waals surface area (Å²) in [6.45, 7) is 6.56. The molecule has 1 aromatic carbocycles. The number of aryl methyl sites for hydroxylation is 2. The molecule has 7 heteroatoms. The van der Waals surface area contributed by atoms with Crippen LogP contribution in [0.1, 0.15) is 49.1 Å². The molecule has 3 aromatic rings. The van der Waals surface area contributed by atoms with E-state index in [1.54, 1.807) is 6.20 Å². The van der Waals surface area contributed by atoms with Crippen LogP contribution in [0, 0.1) is 12.8 Å². The molecule has 164 valence electrons. The van der Waals surface area contributed by atoms with E-state index in [2.05, 4.69) is 32.0 Å². The zero-order valence-corrected chi connectivity index (χ0v) is 18.3. The number of nitrogens with one attached hydrogen (secondary N) is 1.